The van der Waals surface area contributed by atoms with Gasteiger partial charge in [-0.3, -0.25) is 0 Å². The number of hydrogen-bond donors (Lipinski definition) is 0. The van der Waals surface area contributed by atoms with E-state index in [0.29, 0.717) is 0 Å². The molecule has 0 aliphatic heterocycles. The molecular formula is C77H87N. The minimum atomic E-state index is -0.226. The van der Waals surface area contributed by atoms with Crippen LogP contribution >= 0.6 is 0 Å². The number of anilines is 3. The lowest BCUT2D eigenvalue weighted by atomic mass is 9.74. The van der Waals surface area contributed by atoms with Crippen LogP contribution in [0.15, 0.2) is 146 Å². The lowest BCUT2D eigenvalue weighted by molar-refractivity contribution is 0.584. The van der Waals surface area contributed by atoms with Crippen LogP contribution in [0.3, 0.4) is 0 Å². The Labute approximate surface area is 470 Å². The smallest absolute Gasteiger partial charge is 0.0474 e. The summed E-state index contributed by atoms with van der Waals surface area (Å²) in [5.41, 5.74) is 31.3. The molecule has 0 unspecified atom stereocenters. The third-order valence-corrected chi connectivity index (χ3v) is 18.6. The summed E-state index contributed by atoms with van der Waals surface area (Å²) in [4.78, 5) is 2.56. The van der Waals surface area contributed by atoms with Crippen LogP contribution in [0.2, 0.25) is 0 Å². The summed E-state index contributed by atoms with van der Waals surface area (Å²) < 4.78 is 0. The Morgan fingerprint density at radius 2 is 0.526 bits per heavy atom. The van der Waals surface area contributed by atoms with Crippen molar-refractivity contribution in [3.05, 3.63) is 207 Å². The van der Waals surface area contributed by atoms with Crippen molar-refractivity contribution in [1.82, 2.24) is 0 Å². The molecule has 0 bridgehead atoms. The van der Waals surface area contributed by atoms with Crippen LogP contribution in [0.25, 0.3) is 55.6 Å². The van der Waals surface area contributed by atoms with Gasteiger partial charge >= 0.3 is 0 Å². The first-order valence-electron chi connectivity index (χ1n) is 29.1. The minimum Gasteiger partial charge on any atom is -0.310 e. The highest BCUT2D eigenvalue weighted by Gasteiger charge is 2.41. The van der Waals surface area contributed by atoms with Crippen molar-refractivity contribution >= 4 is 17.1 Å². The molecule has 0 aromatic heterocycles. The zero-order chi connectivity index (χ0) is 56.4. The van der Waals surface area contributed by atoms with Crippen molar-refractivity contribution in [2.45, 2.75) is 189 Å². The molecule has 0 amide bonds. The summed E-state index contributed by atoms with van der Waals surface area (Å²) in [5, 5.41) is 0. The monoisotopic (exact) mass is 1030 g/mol. The molecule has 0 heterocycles. The van der Waals surface area contributed by atoms with Gasteiger partial charge in [0.05, 0.1) is 0 Å². The van der Waals surface area contributed by atoms with E-state index < -0.39 is 0 Å². The molecule has 1 nitrogen and oxygen atoms in total. The van der Waals surface area contributed by atoms with Crippen molar-refractivity contribution in [2.24, 2.45) is 0 Å². The van der Waals surface area contributed by atoms with Crippen LogP contribution < -0.4 is 4.90 Å². The molecule has 11 rings (SSSR count). The standard InChI is InChI=1S/C77H87N/c1-70(2,3)48-24-29-52(30-25-48)78(53-31-37-60-59-36-28-51(73(10,11)12)42-67(59)77(20,21)68(60)45-53)54-43-61(46-22-32-55-57-34-26-49(71(4,5)6)40-65(57)75(16,17)63(55)38-46)69(74(13,14)15)62(44-54)47-23-33-56-58-35-27-50(72(7,8)9)41-66(58)76(18,19)64(56)39-47/h22-45H,1-21H3. The van der Waals surface area contributed by atoms with E-state index >= 15 is 0 Å². The van der Waals surface area contributed by atoms with Gasteiger partial charge < -0.3 is 4.90 Å². The van der Waals surface area contributed by atoms with Crippen LogP contribution in [0.1, 0.15) is 207 Å². The van der Waals surface area contributed by atoms with E-state index in [-0.39, 0.29) is 43.3 Å². The highest BCUT2D eigenvalue weighted by Crippen LogP contribution is 2.56. The Balaban J connectivity index is 1.18. The fourth-order valence-electron chi connectivity index (χ4n) is 13.7. The van der Waals surface area contributed by atoms with E-state index in [1.165, 1.54) is 117 Å². The van der Waals surface area contributed by atoms with Gasteiger partial charge in [0.2, 0.25) is 0 Å². The first kappa shape index (κ1) is 53.6. The van der Waals surface area contributed by atoms with Crippen LogP contribution in [-0.2, 0) is 43.3 Å². The van der Waals surface area contributed by atoms with Crippen LogP contribution in [0.5, 0.6) is 0 Å². The fraction of sp³-hybridized carbons (Fsp3) is 0.377. The number of fused-ring (bicyclic) bond motifs is 9. The van der Waals surface area contributed by atoms with Crippen molar-refractivity contribution in [3.8, 4) is 55.6 Å². The van der Waals surface area contributed by atoms with Crippen LogP contribution in [0.4, 0.5) is 17.1 Å². The summed E-state index contributed by atoms with van der Waals surface area (Å²) in [6.45, 7) is 49.8. The van der Waals surface area contributed by atoms with E-state index in [4.69, 9.17) is 0 Å². The van der Waals surface area contributed by atoms with E-state index in [2.05, 4.69) is 296 Å². The molecule has 3 aliphatic carbocycles. The van der Waals surface area contributed by atoms with Gasteiger partial charge in [-0.2, -0.15) is 0 Å². The Hall–Kier alpha value is -6.44. The highest BCUT2D eigenvalue weighted by molar-refractivity contribution is 5.94. The molecule has 0 N–H and O–H groups in total. The first-order valence-corrected chi connectivity index (χ1v) is 29.1. The third-order valence-electron chi connectivity index (χ3n) is 18.6. The Morgan fingerprint density at radius 3 is 0.859 bits per heavy atom. The van der Waals surface area contributed by atoms with Crippen LogP contribution in [-0.4, -0.2) is 0 Å². The second-order valence-electron chi connectivity index (χ2n) is 30.5. The van der Waals surface area contributed by atoms with Crippen molar-refractivity contribution in [1.29, 1.82) is 0 Å². The maximum atomic E-state index is 2.56. The molecule has 0 fully saturated rings. The number of rotatable bonds is 5. The maximum absolute atomic E-state index is 2.56. The summed E-state index contributed by atoms with van der Waals surface area (Å²) in [5.74, 6) is 0. The highest BCUT2D eigenvalue weighted by atomic mass is 15.1. The Kier molecular flexibility index (Phi) is 11.9. The molecule has 78 heavy (non-hydrogen) atoms. The molecule has 0 atom stereocenters. The van der Waals surface area contributed by atoms with Gasteiger partial charge in [0.15, 0.2) is 0 Å². The van der Waals surface area contributed by atoms with Crippen molar-refractivity contribution in [3.63, 3.8) is 0 Å². The average Bonchev–Trinajstić information content (AvgIpc) is 4.06. The number of benzene rings is 8. The summed E-state index contributed by atoms with van der Waals surface area (Å²) in [6.07, 6.45) is 0. The van der Waals surface area contributed by atoms with Gasteiger partial charge in [0, 0.05) is 33.3 Å². The molecule has 3 aliphatic rings. The van der Waals surface area contributed by atoms with Gasteiger partial charge in [-0.05, 0) is 192 Å². The predicted molar refractivity (Wildman–Crippen MR) is 338 cm³/mol. The Morgan fingerprint density at radius 1 is 0.244 bits per heavy atom. The molecular weight excluding hydrogens is 939 g/mol. The largest absolute Gasteiger partial charge is 0.310 e. The van der Waals surface area contributed by atoms with Crippen molar-refractivity contribution in [2.75, 3.05) is 4.90 Å². The topological polar surface area (TPSA) is 3.24 Å². The lowest BCUT2D eigenvalue weighted by Gasteiger charge is -2.33. The quantitative estimate of drug-likeness (QED) is 0.166. The number of nitrogens with zero attached hydrogens (tertiary/aromatic N) is 1. The van der Waals surface area contributed by atoms with Gasteiger partial charge in [-0.15, -0.1) is 0 Å². The van der Waals surface area contributed by atoms with E-state index in [1.54, 1.807) is 0 Å². The second-order valence-corrected chi connectivity index (χ2v) is 30.5. The van der Waals surface area contributed by atoms with E-state index in [1.807, 2.05) is 0 Å². The van der Waals surface area contributed by atoms with E-state index in [9.17, 15) is 0 Å². The number of hydrogen-bond acceptors (Lipinski definition) is 1. The van der Waals surface area contributed by atoms with Gasteiger partial charge in [-0.1, -0.05) is 242 Å². The molecule has 400 valence electrons. The molecule has 0 spiro atoms. The van der Waals surface area contributed by atoms with Gasteiger partial charge in [-0.25, -0.2) is 0 Å². The summed E-state index contributed by atoms with van der Waals surface area (Å²) in [7, 11) is 0. The predicted octanol–water partition coefficient (Wildman–Crippen LogP) is 21.9. The lowest BCUT2D eigenvalue weighted by Crippen LogP contribution is -2.19. The summed E-state index contributed by atoms with van der Waals surface area (Å²) >= 11 is 0. The molecule has 0 saturated heterocycles. The molecule has 0 saturated carbocycles. The second kappa shape index (κ2) is 17.3. The SMILES string of the molecule is CC(C)(C)c1ccc(N(c2cc(-c3ccc4c(c3)C(C)(C)c3cc(C(C)(C)C)ccc3-4)c(C(C)(C)C)c(-c3ccc4c(c3)C(C)(C)c3cc(C(C)(C)C)ccc3-4)c2)c2ccc3c(c2)C(C)(C)c2cc(C(C)(C)C)ccc2-3)cc1. The van der Waals surface area contributed by atoms with Gasteiger partial charge in [0.1, 0.15) is 0 Å². The maximum Gasteiger partial charge on any atom is 0.0474 e. The van der Waals surface area contributed by atoms with Crippen molar-refractivity contribution < 1.29 is 0 Å². The molecule has 8 aromatic rings. The molecule has 0 radical (unpaired) electrons. The average molecular weight is 1030 g/mol. The first-order chi connectivity index (χ1) is 36.1. The van der Waals surface area contributed by atoms with Crippen LogP contribution in [0, 0.1) is 0 Å². The molecule has 8 aromatic carbocycles. The molecule has 1 heteroatoms. The normalized spacial score (nSPS) is 15.8. The third kappa shape index (κ3) is 8.55. The zero-order valence-electron chi connectivity index (χ0n) is 51.3. The minimum absolute atomic E-state index is 0.0119. The van der Waals surface area contributed by atoms with Gasteiger partial charge in [0.25, 0.3) is 0 Å². The summed E-state index contributed by atoms with van der Waals surface area (Å²) in [6, 6.07) is 58.4. The van der Waals surface area contributed by atoms with E-state index in [0.717, 1.165) is 17.1 Å². The fourth-order valence-corrected chi connectivity index (χ4v) is 13.7. The Bertz CT molecular complexity index is 3610. The zero-order valence-corrected chi connectivity index (χ0v) is 51.3.